The van der Waals surface area contributed by atoms with Gasteiger partial charge in [-0.1, -0.05) is 35.5 Å². The van der Waals surface area contributed by atoms with E-state index in [1.807, 2.05) is 42.5 Å². The van der Waals surface area contributed by atoms with Gasteiger partial charge in [0, 0.05) is 18.7 Å². The summed E-state index contributed by atoms with van der Waals surface area (Å²) in [4.78, 5) is 14.3. The molecule has 0 N–H and O–H groups in total. The molecule has 1 amide bonds. The third kappa shape index (κ3) is 3.75. The van der Waals surface area contributed by atoms with Crippen LogP contribution in [0.5, 0.6) is 0 Å². The van der Waals surface area contributed by atoms with E-state index in [1.165, 1.54) is 4.90 Å². The molecule has 1 aromatic heterocycles. The Balaban J connectivity index is 2.36. The van der Waals surface area contributed by atoms with Crippen LogP contribution in [-0.2, 0) is 0 Å². The minimum Gasteiger partial charge on any atom is -0.360 e. The van der Waals surface area contributed by atoms with Crippen LogP contribution in [0.25, 0.3) is 11.3 Å². The molecule has 2 aromatic rings. The van der Waals surface area contributed by atoms with Gasteiger partial charge in [-0.2, -0.15) is 10.5 Å². The largest absolute Gasteiger partial charge is 0.360 e. The summed E-state index contributed by atoms with van der Waals surface area (Å²) in [5.74, 6) is 0.154. The molecule has 6 nitrogen and oxygen atoms in total. The number of nitrogens with zero attached hydrogens (tertiary/aromatic N) is 4. The van der Waals surface area contributed by atoms with Crippen LogP contribution < -0.4 is 0 Å². The third-order valence-electron chi connectivity index (χ3n) is 3.40. The zero-order chi connectivity index (χ0) is 16.7. The number of hydrogen-bond donors (Lipinski definition) is 0. The van der Waals surface area contributed by atoms with E-state index in [2.05, 4.69) is 5.16 Å². The van der Waals surface area contributed by atoms with Gasteiger partial charge in [0.25, 0.3) is 5.91 Å². The van der Waals surface area contributed by atoms with E-state index in [9.17, 15) is 4.79 Å². The second-order valence-electron chi connectivity index (χ2n) is 4.94. The van der Waals surface area contributed by atoms with Crippen molar-refractivity contribution in [2.24, 2.45) is 0 Å². The lowest BCUT2D eigenvalue weighted by Crippen LogP contribution is -2.33. The van der Waals surface area contributed by atoms with Crippen molar-refractivity contribution in [1.82, 2.24) is 10.1 Å². The van der Waals surface area contributed by atoms with E-state index in [0.717, 1.165) is 5.56 Å². The van der Waals surface area contributed by atoms with Gasteiger partial charge >= 0.3 is 0 Å². The van der Waals surface area contributed by atoms with E-state index in [0.29, 0.717) is 17.0 Å². The van der Waals surface area contributed by atoms with Crippen LogP contribution in [0, 0.1) is 29.6 Å². The summed E-state index contributed by atoms with van der Waals surface area (Å²) in [7, 11) is 0. The fourth-order valence-electron chi connectivity index (χ4n) is 2.26. The van der Waals surface area contributed by atoms with Crippen LogP contribution >= 0.6 is 0 Å². The van der Waals surface area contributed by atoms with Gasteiger partial charge in [-0.3, -0.25) is 4.79 Å². The first-order valence-electron chi connectivity index (χ1n) is 7.24. The molecule has 0 saturated heterocycles. The van der Waals surface area contributed by atoms with E-state index < -0.39 is 0 Å². The average molecular weight is 308 g/mol. The zero-order valence-electron chi connectivity index (χ0n) is 12.8. The molecule has 2 rings (SSSR count). The monoisotopic (exact) mass is 308 g/mol. The highest BCUT2D eigenvalue weighted by Gasteiger charge is 2.25. The van der Waals surface area contributed by atoms with Gasteiger partial charge in [0.05, 0.1) is 25.0 Å². The molecule has 0 bridgehead atoms. The Morgan fingerprint density at radius 2 is 1.78 bits per heavy atom. The van der Waals surface area contributed by atoms with Crippen LogP contribution in [0.15, 0.2) is 34.9 Å². The Labute approximate surface area is 134 Å². The lowest BCUT2D eigenvalue weighted by Gasteiger charge is -2.20. The first-order valence-corrected chi connectivity index (χ1v) is 7.24. The maximum absolute atomic E-state index is 12.8. The highest BCUT2D eigenvalue weighted by atomic mass is 16.5. The highest BCUT2D eigenvalue weighted by Crippen LogP contribution is 2.26. The van der Waals surface area contributed by atoms with Gasteiger partial charge in [0.1, 0.15) is 17.0 Å². The van der Waals surface area contributed by atoms with Crippen LogP contribution in [0.2, 0.25) is 0 Å². The van der Waals surface area contributed by atoms with Crippen molar-refractivity contribution < 1.29 is 9.32 Å². The second-order valence-corrected chi connectivity index (χ2v) is 4.94. The smallest absolute Gasteiger partial charge is 0.259 e. The fourth-order valence-corrected chi connectivity index (χ4v) is 2.26. The van der Waals surface area contributed by atoms with E-state index >= 15 is 0 Å². The van der Waals surface area contributed by atoms with Crippen molar-refractivity contribution in [2.75, 3.05) is 13.1 Å². The number of aryl methyl sites for hydroxylation is 1. The van der Waals surface area contributed by atoms with Crippen molar-refractivity contribution in [3.63, 3.8) is 0 Å². The predicted molar refractivity (Wildman–Crippen MR) is 83.0 cm³/mol. The van der Waals surface area contributed by atoms with E-state index in [-0.39, 0.29) is 31.8 Å². The Morgan fingerprint density at radius 1 is 1.17 bits per heavy atom. The van der Waals surface area contributed by atoms with Gasteiger partial charge in [-0.15, -0.1) is 0 Å². The van der Waals surface area contributed by atoms with Crippen molar-refractivity contribution in [2.45, 2.75) is 19.8 Å². The van der Waals surface area contributed by atoms with Crippen molar-refractivity contribution in [1.29, 1.82) is 10.5 Å². The first-order chi connectivity index (χ1) is 11.2. The molecule has 116 valence electrons. The number of benzene rings is 1. The number of carbonyl (C=O) groups excluding carboxylic acids is 1. The summed E-state index contributed by atoms with van der Waals surface area (Å²) in [6.45, 7) is 2.23. The molecule has 0 fully saturated rings. The minimum absolute atomic E-state index is 0.210. The molecule has 0 saturated carbocycles. The van der Waals surface area contributed by atoms with Crippen LogP contribution in [0.4, 0.5) is 0 Å². The Bertz CT molecular complexity index is 735. The quantitative estimate of drug-likeness (QED) is 0.817. The van der Waals surface area contributed by atoms with Crippen molar-refractivity contribution >= 4 is 5.91 Å². The molecule has 23 heavy (non-hydrogen) atoms. The Kier molecular flexibility index (Phi) is 5.49. The predicted octanol–water partition coefficient (Wildman–Crippen LogP) is 2.92. The molecular formula is C17H16N4O2. The maximum atomic E-state index is 12.8. The fraction of sp³-hybridized carbons (Fsp3) is 0.294. The summed E-state index contributed by atoms with van der Waals surface area (Å²) < 4.78 is 5.20. The molecule has 0 unspecified atom stereocenters. The van der Waals surface area contributed by atoms with Gasteiger partial charge in [0.15, 0.2) is 0 Å². The van der Waals surface area contributed by atoms with Crippen LogP contribution in [0.1, 0.15) is 29.0 Å². The number of nitriles is 2. The number of carbonyl (C=O) groups is 1. The first kappa shape index (κ1) is 16.3. The summed E-state index contributed by atoms with van der Waals surface area (Å²) in [5, 5.41) is 21.5. The zero-order valence-corrected chi connectivity index (χ0v) is 12.8. The van der Waals surface area contributed by atoms with Gasteiger partial charge < -0.3 is 9.42 Å². The van der Waals surface area contributed by atoms with Crippen LogP contribution in [-0.4, -0.2) is 29.1 Å². The van der Waals surface area contributed by atoms with Gasteiger partial charge in [0.2, 0.25) is 0 Å². The number of rotatable bonds is 6. The van der Waals surface area contributed by atoms with E-state index in [1.54, 1.807) is 6.92 Å². The SMILES string of the molecule is Cc1onc(-c2ccccc2)c1C(=O)N(CCC#N)CCC#N. The summed E-state index contributed by atoms with van der Waals surface area (Å²) in [6.07, 6.45) is 0.421. The molecule has 6 heteroatoms. The molecular weight excluding hydrogens is 292 g/mol. The normalized spacial score (nSPS) is 9.87. The standard InChI is InChI=1S/C17H16N4O2/c1-13-15(16(20-23-13)14-7-3-2-4-8-14)17(22)21(11-5-9-18)12-6-10-19/h2-4,7-8H,5-6,11-12H2,1H3. The molecule has 0 radical (unpaired) electrons. The lowest BCUT2D eigenvalue weighted by atomic mass is 10.0. The number of amides is 1. The van der Waals surface area contributed by atoms with Crippen molar-refractivity contribution in [3.8, 4) is 23.4 Å². The second kappa shape index (κ2) is 7.77. The minimum atomic E-state index is -0.270. The van der Waals surface area contributed by atoms with Crippen LogP contribution in [0.3, 0.4) is 0 Å². The summed E-state index contributed by atoms with van der Waals surface area (Å²) in [6, 6.07) is 13.3. The summed E-state index contributed by atoms with van der Waals surface area (Å²) >= 11 is 0. The van der Waals surface area contributed by atoms with E-state index in [4.69, 9.17) is 15.0 Å². The molecule has 1 heterocycles. The molecule has 0 atom stereocenters. The number of hydrogen-bond acceptors (Lipinski definition) is 5. The number of aromatic nitrogens is 1. The Hall–Kier alpha value is -3.12. The van der Waals surface area contributed by atoms with Gasteiger partial charge in [-0.05, 0) is 6.92 Å². The molecule has 0 aliphatic rings. The lowest BCUT2D eigenvalue weighted by molar-refractivity contribution is 0.0761. The summed E-state index contributed by atoms with van der Waals surface area (Å²) in [5.41, 5.74) is 1.65. The average Bonchev–Trinajstić information content (AvgIpc) is 2.97. The molecule has 0 aliphatic heterocycles. The maximum Gasteiger partial charge on any atom is 0.259 e. The third-order valence-corrected chi connectivity index (χ3v) is 3.40. The molecule has 0 spiro atoms. The van der Waals surface area contributed by atoms with Gasteiger partial charge in [-0.25, -0.2) is 0 Å². The molecule has 1 aromatic carbocycles. The van der Waals surface area contributed by atoms with Crippen molar-refractivity contribution in [3.05, 3.63) is 41.7 Å². The highest BCUT2D eigenvalue weighted by molar-refractivity contribution is 6.00. The molecule has 0 aliphatic carbocycles. The topological polar surface area (TPSA) is 93.9 Å². The Morgan fingerprint density at radius 3 is 2.35 bits per heavy atom.